The van der Waals surface area contributed by atoms with Crippen molar-refractivity contribution in [3.05, 3.63) is 139 Å². The fourth-order valence-electron chi connectivity index (χ4n) is 7.28. The molecule has 8 heteroatoms. The summed E-state index contributed by atoms with van der Waals surface area (Å²) >= 11 is 0. The lowest BCUT2D eigenvalue weighted by Crippen LogP contribution is -2.15. The minimum atomic E-state index is -0.413. The van der Waals surface area contributed by atoms with E-state index in [9.17, 15) is 4.39 Å². The first kappa shape index (κ1) is 28.5. The molecule has 1 aliphatic carbocycles. The van der Waals surface area contributed by atoms with Crippen LogP contribution in [0.1, 0.15) is 25.0 Å². The maximum Gasteiger partial charge on any atom is 0.182 e. The largest absolute Gasteiger partial charge is 0.254 e. The van der Waals surface area contributed by atoms with Crippen LogP contribution in [0.5, 0.6) is 0 Å². The van der Waals surface area contributed by atoms with Gasteiger partial charge in [-0.1, -0.05) is 80.6 Å². The fourth-order valence-corrected chi connectivity index (χ4v) is 7.28. The van der Waals surface area contributed by atoms with Crippen LogP contribution in [0, 0.1) is 5.82 Å². The van der Waals surface area contributed by atoms with Crippen LogP contribution in [0.3, 0.4) is 0 Å². The Hall–Kier alpha value is -6.54. The predicted octanol–water partition coefficient (Wildman–Crippen LogP) is 9.51. The van der Waals surface area contributed by atoms with Crippen molar-refractivity contribution in [2.75, 3.05) is 0 Å². The molecule has 7 nitrogen and oxygen atoms in total. The van der Waals surface area contributed by atoms with Gasteiger partial charge in [-0.25, -0.2) is 29.3 Å². The normalized spacial score (nSPS) is 13.3. The summed E-state index contributed by atoms with van der Waals surface area (Å²) in [6.07, 6.45) is 3.56. The molecule has 5 aromatic heterocycles. The highest BCUT2D eigenvalue weighted by molar-refractivity contribution is 6.04. The Morgan fingerprint density at radius 2 is 0.940 bits per heavy atom. The third-order valence-corrected chi connectivity index (χ3v) is 9.85. The number of rotatable bonds is 3. The van der Waals surface area contributed by atoms with Gasteiger partial charge in [-0.3, -0.25) is 9.97 Å². The molecule has 9 aromatic rings. The average Bonchev–Trinajstić information content (AvgIpc) is 3.38. The van der Waals surface area contributed by atoms with Crippen molar-refractivity contribution in [1.29, 1.82) is 0 Å². The molecule has 1 aliphatic rings. The molecule has 0 saturated carbocycles. The van der Waals surface area contributed by atoms with E-state index in [2.05, 4.69) is 48.1 Å². The van der Waals surface area contributed by atoms with Gasteiger partial charge < -0.3 is 0 Å². The molecule has 0 radical (unpaired) electrons. The molecule has 0 saturated heterocycles. The number of hydrogen-bond donors (Lipinski definition) is 0. The summed E-state index contributed by atoms with van der Waals surface area (Å²) in [6, 6.07) is 35.3. The maximum absolute atomic E-state index is 14.4. The molecule has 0 amide bonds. The molecule has 5 heterocycles. The fraction of sp³-hybridized carbons (Fsp3) is 0.0714. The SMILES string of the molecule is CC1(C)c2cc(F)ccc2-c2ccc(-c3nc(-c4ccc5ccc6cccnc6c5n4)nc(-c4ccc5ccc6cccnc6c5n4)n3)cc21. The quantitative estimate of drug-likeness (QED) is 0.176. The molecular weight excluding hydrogens is 622 g/mol. The van der Waals surface area contributed by atoms with Gasteiger partial charge in [0.2, 0.25) is 0 Å². The van der Waals surface area contributed by atoms with E-state index in [0.29, 0.717) is 28.9 Å². The molecule has 0 spiro atoms. The Morgan fingerprint density at radius 1 is 0.460 bits per heavy atom. The Balaban J connectivity index is 1.19. The zero-order valence-corrected chi connectivity index (χ0v) is 27.1. The van der Waals surface area contributed by atoms with Crippen molar-refractivity contribution in [2.45, 2.75) is 19.3 Å². The number of nitrogens with zero attached hydrogens (tertiary/aromatic N) is 7. The summed E-state index contributed by atoms with van der Waals surface area (Å²) in [5.41, 5.74) is 8.93. The smallest absolute Gasteiger partial charge is 0.182 e. The van der Waals surface area contributed by atoms with Crippen molar-refractivity contribution in [3.8, 4) is 45.6 Å². The number of fused-ring (bicyclic) bond motifs is 9. The van der Waals surface area contributed by atoms with Gasteiger partial charge in [-0.05, 0) is 64.7 Å². The lowest BCUT2D eigenvalue weighted by molar-refractivity contribution is 0.609. The van der Waals surface area contributed by atoms with E-state index in [1.807, 2.05) is 72.8 Å². The first-order chi connectivity index (χ1) is 24.4. The van der Waals surface area contributed by atoms with E-state index in [-0.39, 0.29) is 5.82 Å². The highest BCUT2D eigenvalue weighted by atomic mass is 19.1. The topological polar surface area (TPSA) is 90.2 Å². The lowest BCUT2D eigenvalue weighted by atomic mass is 9.82. The Labute approximate surface area is 285 Å². The van der Waals surface area contributed by atoms with Gasteiger partial charge >= 0.3 is 0 Å². The van der Waals surface area contributed by atoms with Crippen LogP contribution < -0.4 is 0 Å². The standard InChI is InChI=1S/C42H26FN7/c1-42(2)31-21-27(11-15-29(31)30-16-14-28(43)22-32(30)42)39-48-40(33-17-12-25-9-7-23-5-3-19-44-35(23)37(25)46-33)50-41(49-39)34-18-13-26-10-8-24-6-4-20-45-36(24)38(26)47-34/h3-22H,1-2H3. The minimum absolute atomic E-state index is 0.242. The third kappa shape index (κ3) is 4.31. The van der Waals surface area contributed by atoms with Gasteiger partial charge in [0, 0.05) is 44.9 Å². The molecule has 236 valence electrons. The molecule has 0 unspecified atom stereocenters. The summed E-state index contributed by atoms with van der Waals surface area (Å²) in [6.45, 7) is 4.25. The molecule has 0 atom stereocenters. The highest BCUT2D eigenvalue weighted by Crippen LogP contribution is 2.49. The van der Waals surface area contributed by atoms with E-state index in [0.717, 1.165) is 71.4 Å². The summed E-state index contributed by atoms with van der Waals surface area (Å²) in [5, 5.41) is 3.96. The molecule has 4 aromatic carbocycles. The second-order valence-electron chi connectivity index (χ2n) is 13.2. The van der Waals surface area contributed by atoms with Crippen molar-refractivity contribution in [3.63, 3.8) is 0 Å². The first-order valence-corrected chi connectivity index (χ1v) is 16.4. The number of aromatic nitrogens is 7. The molecule has 0 aliphatic heterocycles. The van der Waals surface area contributed by atoms with Gasteiger partial charge in [-0.2, -0.15) is 0 Å². The van der Waals surface area contributed by atoms with Crippen LogP contribution in [0.2, 0.25) is 0 Å². The van der Waals surface area contributed by atoms with Gasteiger partial charge in [0.15, 0.2) is 17.5 Å². The third-order valence-electron chi connectivity index (χ3n) is 9.85. The molecular formula is C42H26FN7. The predicted molar refractivity (Wildman–Crippen MR) is 195 cm³/mol. The molecule has 0 N–H and O–H groups in total. The van der Waals surface area contributed by atoms with Crippen LogP contribution in [-0.2, 0) is 5.41 Å². The monoisotopic (exact) mass is 647 g/mol. The second-order valence-corrected chi connectivity index (χ2v) is 13.2. The average molecular weight is 648 g/mol. The number of benzene rings is 4. The summed E-state index contributed by atoms with van der Waals surface area (Å²) in [7, 11) is 0. The van der Waals surface area contributed by atoms with Crippen LogP contribution in [0.25, 0.3) is 89.2 Å². The minimum Gasteiger partial charge on any atom is -0.254 e. The zero-order valence-electron chi connectivity index (χ0n) is 27.1. The number of hydrogen-bond acceptors (Lipinski definition) is 7. The van der Waals surface area contributed by atoms with Gasteiger partial charge in [-0.15, -0.1) is 0 Å². The first-order valence-electron chi connectivity index (χ1n) is 16.4. The van der Waals surface area contributed by atoms with Gasteiger partial charge in [0.05, 0.1) is 22.1 Å². The van der Waals surface area contributed by atoms with Gasteiger partial charge in [0.1, 0.15) is 17.2 Å². The van der Waals surface area contributed by atoms with Gasteiger partial charge in [0.25, 0.3) is 0 Å². The summed E-state index contributed by atoms with van der Waals surface area (Å²) in [4.78, 5) is 34.5. The van der Waals surface area contributed by atoms with Crippen LogP contribution >= 0.6 is 0 Å². The summed E-state index contributed by atoms with van der Waals surface area (Å²) in [5.74, 6) is 1.08. The van der Waals surface area contributed by atoms with E-state index >= 15 is 0 Å². The van der Waals surface area contributed by atoms with Crippen molar-refractivity contribution >= 4 is 43.6 Å². The van der Waals surface area contributed by atoms with Crippen molar-refractivity contribution < 1.29 is 4.39 Å². The molecule has 50 heavy (non-hydrogen) atoms. The Kier molecular flexibility index (Phi) is 5.97. The Bertz CT molecular complexity index is 2750. The van der Waals surface area contributed by atoms with Crippen molar-refractivity contribution in [1.82, 2.24) is 34.9 Å². The molecule has 10 rings (SSSR count). The number of halogens is 1. The van der Waals surface area contributed by atoms with E-state index in [4.69, 9.17) is 24.9 Å². The second kappa shape index (κ2) is 10.5. The Morgan fingerprint density at radius 3 is 1.52 bits per heavy atom. The zero-order chi connectivity index (χ0) is 33.6. The lowest BCUT2D eigenvalue weighted by Gasteiger charge is -2.22. The van der Waals surface area contributed by atoms with E-state index in [1.54, 1.807) is 18.5 Å². The van der Waals surface area contributed by atoms with E-state index < -0.39 is 5.41 Å². The summed E-state index contributed by atoms with van der Waals surface area (Å²) < 4.78 is 14.4. The van der Waals surface area contributed by atoms with Crippen LogP contribution in [0.4, 0.5) is 4.39 Å². The van der Waals surface area contributed by atoms with Crippen molar-refractivity contribution in [2.24, 2.45) is 0 Å². The van der Waals surface area contributed by atoms with Crippen LogP contribution in [0.15, 0.2) is 122 Å². The van der Waals surface area contributed by atoms with Crippen LogP contribution in [-0.4, -0.2) is 34.9 Å². The molecule has 0 fully saturated rings. The molecule has 0 bridgehead atoms. The van der Waals surface area contributed by atoms with E-state index in [1.165, 1.54) is 6.07 Å². The highest BCUT2D eigenvalue weighted by Gasteiger charge is 2.36. The number of pyridine rings is 4. The maximum atomic E-state index is 14.4.